The van der Waals surface area contributed by atoms with Gasteiger partial charge < -0.3 is 28.7 Å². The van der Waals surface area contributed by atoms with Crippen molar-refractivity contribution in [3.63, 3.8) is 0 Å². The third-order valence-corrected chi connectivity index (χ3v) is 6.77. The summed E-state index contributed by atoms with van der Waals surface area (Å²) >= 11 is 0. The van der Waals surface area contributed by atoms with Gasteiger partial charge in [-0.25, -0.2) is 0 Å². The van der Waals surface area contributed by atoms with Crippen molar-refractivity contribution in [2.45, 2.75) is 50.6 Å². The number of fused-ring (bicyclic) bond motifs is 3. The van der Waals surface area contributed by atoms with Crippen LogP contribution < -0.4 is 4.74 Å². The third kappa shape index (κ3) is 5.87. The molecule has 186 valence electrons. The summed E-state index contributed by atoms with van der Waals surface area (Å²) in [5.41, 5.74) is 0.678. The summed E-state index contributed by atoms with van der Waals surface area (Å²) in [6.07, 6.45) is 1.39. The fourth-order valence-electron chi connectivity index (χ4n) is 4.64. The molecule has 1 saturated heterocycles. The number of ether oxygens (including phenoxy) is 4. The van der Waals surface area contributed by atoms with Crippen LogP contribution in [0.2, 0.25) is 0 Å². The molecule has 0 aromatic heterocycles. The molecule has 5 atom stereocenters. The van der Waals surface area contributed by atoms with E-state index in [0.717, 1.165) is 12.8 Å². The van der Waals surface area contributed by atoms with Crippen molar-refractivity contribution in [2.75, 3.05) is 48.0 Å². The summed E-state index contributed by atoms with van der Waals surface area (Å²) in [6.45, 7) is 2.77. The van der Waals surface area contributed by atoms with Gasteiger partial charge in [-0.15, -0.1) is 0 Å². The Labute approximate surface area is 201 Å². The van der Waals surface area contributed by atoms with Gasteiger partial charge in [0.2, 0.25) is 5.91 Å². The normalized spacial score (nSPS) is 29.2. The highest BCUT2D eigenvalue weighted by atomic mass is 16.5. The van der Waals surface area contributed by atoms with E-state index in [1.807, 2.05) is 0 Å². The molecule has 3 rings (SSSR count). The third-order valence-electron chi connectivity index (χ3n) is 6.77. The van der Waals surface area contributed by atoms with Crippen molar-refractivity contribution in [2.24, 2.45) is 5.92 Å². The molecule has 1 aromatic rings. The van der Waals surface area contributed by atoms with Crippen LogP contribution in [0.15, 0.2) is 18.2 Å². The maximum atomic E-state index is 13.3. The molecule has 0 spiro atoms. The Morgan fingerprint density at radius 1 is 1.03 bits per heavy atom. The summed E-state index contributed by atoms with van der Waals surface area (Å²) in [5.74, 6) is -0.454. The molecule has 1 fully saturated rings. The second kappa shape index (κ2) is 11.6. The van der Waals surface area contributed by atoms with E-state index in [-0.39, 0.29) is 36.7 Å². The number of hydrogen-bond donors (Lipinski definition) is 0. The Morgan fingerprint density at radius 2 is 1.76 bits per heavy atom. The second-order valence-corrected chi connectivity index (χ2v) is 9.08. The number of nitriles is 1. The lowest BCUT2D eigenvalue weighted by atomic mass is 9.97. The molecule has 1 aromatic carbocycles. The van der Waals surface area contributed by atoms with Crippen molar-refractivity contribution < 1.29 is 28.5 Å². The van der Waals surface area contributed by atoms with Gasteiger partial charge in [-0.1, -0.05) is 6.92 Å². The van der Waals surface area contributed by atoms with Crippen LogP contribution >= 0.6 is 0 Å². The lowest BCUT2D eigenvalue weighted by Gasteiger charge is -2.38. The number of hydrogen-bond acceptors (Lipinski definition) is 7. The molecule has 0 aliphatic carbocycles. The predicted octanol–water partition coefficient (Wildman–Crippen LogP) is 2.08. The molecule has 0 N–H and O–H groups in total. The first-order valence-electron chi connectivity index (χ1n) is 11.7. The Morgan fingerprint density at radius 3 is 2.44 bits per heavy atom. The Kier molecular flexibility index (Phi) is 8.89. The molecular weight excluding hydrogens is 438 g/mol. The highest BCUT2D eigenvalue weighted by Gasteiger charge is 2.35. The van der Waals surface area contributed by atoms with Crippen LogP contribution in [0.25, 0.3) is 0 Å². The number of likely N-dealkylation sites (N-methyl/N-ethyl adjacent to an activating group) is 2. The van der Waals surface area contributed by atoms with E-state index in [9.17, 15) is 14.9 Å². The smallest absolute Gasteiger partial charge is 0.257 e. The van der Waals surface area contributed by atoms with Gasteiger partial charge in [0.05, 0.1) is 48.0 Å². The van der Waals surface area contributed by atoms with Crippen LogP contribution in [0.4, 0.5) is 0 Å². The van der Waals surface area contributed by atoms with E-state index in [1.165, 1.54) is 18.1 Å². The average Bonchev–Trinajstić information content (AvgIpc) is 2.85. The fraction of sp³-hybridized carbons (Fsp3) is 0.640. The maximum Gasteiger partial charge on any atom is 0.257 e. The largest absolute Gasteiger partial charge is 0.493 e. The van der Waals surface area contributed by atoms with Gasteiger partial charge in [0.1, 0.15) is 11.9 Å². The van der Waals surface area contributed by atoms with Gasteiger partial charge in [0.25, 0.3) is 5.91 Å². The lowest BCUT2D eigenvalue weighted by molar-refractivity contribution is -0.154. The first-order chi connectivity index (χ1) is 16.3. The van der Waals surface area contributed by atoms with Crippen LogP contribution in [-0.2, 0) is 19.0 Å². The number of nitrogens with zero attached hydrogens (tertiary/aromatic N) is 3. The van der Waals surface area contributed by atoms with Crippen LogP contribution in [0.5, 0.6) is 5.75 Å². The van der Waals surface area contributed by atoms with Gasteiger partial charge in [0, 0.05) is 47.8 Å². The molecule has 2 heterocycles. The summed E-state index contributed by atoms with van der Waals surface area (Å²) in [6, 6.07) is 6.90. The molecule has 0 unspecified atom stereocenters. The lowest BCUT2D eigenvalue weighted by Crippen LogP contribution is -2.50. The van der Waals surface area contributed by atoms with E-state index >= 15 is 0 Å². The fourth-order valence-corrected chi connectivity index (χ4v) is 4.64. The summed E-state index contributed by atoms with van der Waals surface area (Å²) in [7, 11) is 6.61. The Hall–Kier alpha value is -2.67. The van der Waals surface area contributed by atoms with Crippen molar-refractivity contribution in [1.82, 2.24) is 9.80 Å². The number of methoxy groups -OCH3 is 2. The molecule has 0 radical (unpaired) electrons. The standard InChI is InChI=1S/C25H35N3O6/c1-16-22(32-5)14-28(3)25(30)19-12-17(13-26)6-8-20(19)33-11-10-18-7-9-21(31-4)23(34-18)15-27(2)24(16)29/h6,8,12,16,18,21-23H,7,9-11,14-15H2,1-5H3/t16-,18+,21+,22+,23+/m1/s1. The molecular formula is C25H35N3O6. The van der Waals surface area contributed by atoms with Crippen LogP contribution in [0.3, 0.4) is 0 Å². The van der Waals surface area contributed by atoms with Crippen molar-refractivity contribution >= 4 is 11.8 Å². The molecule has 0 saturated carbocycles. The highest BCUT2D eigenvalue weighted by Crippen LogP contribution is 2.27. The first-order valence-corrected chi connectivity index (χ1v) is 11.7. The second-order valence-electron chi connectivity index (χ2n) is 9.08. The molecule has 9 nitrogen and oxygen atoms in total. The number of amides is 2. The zero-order chi connectivity index (χ0) is 24.8. The zero-order valence-corrected chi connectivity index (χ0v) is 20.7. The minimum atomic E-state index is -0.515. The highest BCUT2D eigenvalue weighted by molar-refractivity contribution is 5.97. The molecule has 2 bridgehead atoms. The van der Waals surface area contributed by atoms with Gasteiger partial charge in [-0.05, 0) is 31.0 Å². The number of benzene rings is 1. The van der Waals surface area contributed by atoms with Gasteiger partial charge in [-0.3, -0.25) is 9.59 Å². The maximum absolute atomic E-state index is 13.3. The van der Waals surface area contributed by atoms with Crippen molar-refractivity contribution in [3.8, 4) is 11.8 Å². The Bertz CT molecular complexity index is 916. The van der Waals surface area contributed by atoms with E-state index in [0.29, 0.717) is 36.4 Å². The summed E-state index contributed by atoms with van der Waals surface area (Å²) in [5, 5.41) is 9.33. The monoisotopic (exact) mass is 473 g/mol. The van der Waals surface area contributed by atoms with E-state index in [2.05, 4.69) is 6.07 Å². The van der Waals surface area contributed by atoms with Crippen molar-refractivity contribution in [1.29, 1.82) is 5.26 Å². The zero-order valence-electron chi connectivity index (χ0n) is 20.7. The SMILES string of the molecule is CO[C@H]1CC[C@H]2CCOc3ccc(C#N)cc3C(=O)N(C)C[C@H](OC)[C@@H](C)C(=O)N(C)C[C@@H]1O2. The van der Waals surface area contributed by atoms with E-state index in [4.69, 9.17) is 18.9 Å². The minimum Gasteiger partial charge on any atom is -0.493 e. The van der Waals surface area contributed by atoms with Gasteiger partial charge in [0.15, 0.2) is 0 Å². The average molecular weight is 474 g/mol. The molecule has 2 aliphatic rings. The van der Waals surface area contributed by atoms with Crippen LogP contribution in [-0.4, -0.2) is 94.0 Å². The Balaban J connectivity index is 1.93. The van der Waals surface area contributed by atoms with Crippen molar-refractivity contribution in [3.05, 3.63) is 29.3 Å². The molecule has 34 heavy (non-hydrogen) atoms. The molecule has 2 aliphatic heterocycles. The summed E-state index contributed by atoms with van der Waals surface area (Å²) < 4.78 is 23.6. The van der Waals surface area contributed by atoms with Crippen LogP contribution in [0, 0.1) is 17.2 Å². The topological polar surface area (TPSA) is 101 Å². The number of rotatable bonds is 2. The molecule has 9 heteroatoms. The number of carbonyl (C=O) groups is 2. The quantitative estimate of drug-likeness (QED) is 0.648. The van der Waals surface area contributed by atoms with Gasteiger partial charge in [-0.2, -0.15) is 5.26 Å². The predicted molar refractivity (Wildman–Crippen MR) is 125 cm³/mol. The van der Waals surface area contributed by atoms with E-state index < -0.39 is 12.0 Å². The molecule has 2 amide bonds. The summed E-state index contributed by atoms with van der Waals surface area (Å²) in [4.78, 5) is 29.7. The van der Waals surface area contributed by atoms with Gasteiger partial charge >= 0.3 is 0 Å². The minimum absolute atomic E-state index is 0.0443. The number of carbonyl (C=O) groups excluding carboxylic acids is 2. The first kappa shape index (κ1) is 25.9. The van der Waals surface area contributed by atoms with Crippen LogP contribution in [0.1, 0.15) is 42.1 Å². The van der Waals surface area contributed by atoms with E-state index in [1.54, 1.807) is 45.2 Å².